The van der Waals surface area contributed by atoms with Crippen molar-refractivity contribution in [1.29, 1.82) is 0 Å². The van der Waals surface area contributed by atoms with Crippen molar-refractivity contribution in [3.8, 4) is 0 Å². The van der Waals surface area contributed by atoms with Crippen molar-refractivity contribution in [3.05, 3.63) is 36.3 Å². The van der Waals surface area contributed by atoms with Crippen LogP contribution in [0.4, 0.5) is 0 Å². The number of hydrogen-bond donors (Lipinski definition) is 0. The summed E-state index contributed by atoms with van der Waals surface area (Å²) in [6.07, 6.45) is 2.99. The summed E-state index contributed by atoms with van der Waals surface area (Å²) in [6, 6.07) is 8.22. The summed E-state index contributed by atoms with van der Waals surface area (Å²) >= 11 is 6.35. The average Bonchev–Trinajstić information content (AvgIpc) is 2.86. The molecule has 0 aliphatic carbocycles. The summed E-state index contributed by atoms with van der Waals surface area (Å²) in [5, 5.41) is 1.04. The zero-order chi connectivity index (χ0) is 15.0. The minimum Gasteiger partial charge on any atom is -0.326 e. The molecule has 110 valence electrons. The third kappa shape index (κ3) is 2.51. The van der Waals surface area contributed by atoms with Crippen LogP contribution in [0.25, 0.3) is 21.9 Å². The zero-order valence-corrected chi connectivity index (χ0v) is 13.4. The van der Waals surface area contributed by atoms with Crippen LogP contribution in [-0.2, 0) is 6.54 Å². The van der Waals surface area contributed by atoms with Crippen LogP contribution in [0.3, 0.4) is 0 Å². The Bertz CT molecular complexity index is 776. The van der Waals surface area contributed by atoms with Gasteiger partial charge in [0.2, 0.25) is 0 Å². The van der Waals surface area contributed by atoms with E-state index in [1.165, 1.54) is 0 Å². The van der Waals surface area contributed by atoms with Gasteiger partial charge in [-0.15, -0.1) is 11.6 Å². The molecule has 2 atom stereocenters. The normalized spacial score (nSPS) is 14.7. The molecule has 0 fully saturated rings. The fourth-order valence-electron chi connectivity index (χ4n) is 2.71. The number of alkyl halides is 1. The number of hydrogen-bond acceptors (Lipinski definition) is 2. The SMILES string of the molecule is CCC(C)Cn1c(C(C)Cl)nc2cnc3ccccc3c21. The highest BCUT2D eigenvalue weighted by Crippen LogP contribution is 2.30. The third-order valence-corrected chi connectivity index (χ3v) is 4.25. The van der Waals surface area contributed by atoms with Gasteiger partial charge in [-0.05, 0) is 18.9 Å². The highest BCUT2D eigenvalue weighted by atomic mass is 35.5. The molecule has 3 nitrogen and oxygen atoms in total. The van der Waals surface area contributed by atoms with E-state index in [1.54, 1.807) is 0 Å². The average molecular weight is 302 g/mol. The predicted octanol–water partition coefficient (Wildman–Crippen LogP) is 4.93. The van der Waals surface area contributed by atoms with Gasteiger partial charge in [-0.1, -0.05) is 38.5 Å². The Labute approximate surface area is 130 Å². The number of pyridine rings is 1. The van der Waals surface area contributed by atoms with Crippen LogP contribution >= 0.6 is 11.6 Å². The standard InChI is InChI=1S/C17H20ClN3/c1-4-11(2)10-21-16-13-7-5-6-8-14(13)19-9-15(16)20-17(21)12(3)18/h5-9,11-12H,4,10H2,1-3H3. The van der Waals surface area contributed by atoms with Gasteiger partial charge in [0.25, 0.3) is 0 Å². The Kier molecular flexibility index (Phi) is 3.85. The molecular formula is C17H20ClN3. The van der Waals surface area contributed by atoms with Gasteiger partial charge in [-0.3, -0.25) is 4.98 Å². The van der Waals surface area contributed by atoms with Crippen LogP contribution in [0.2, 0.25) is 0 Å². The Morgan fingerprint density at radius 2 is 1.95 bits per heavy atom. The van der Waals surface area contributed by atoms with Crippen LogP contribution in [0.5, 0.6) is 0 Å². The van der Waals surface area contributed by atoms with E-state index in [2.05, 4.69) is 29.5 Å². The molecule has 2 aromatic heterocycles. The maximum absolute atomic E-state index is 6.35. The van der Waals surface area contributed by atoms with Crippen molar-refractivity contribution in [2.75, 3.05) is 0 Å². The number of para-hydroxylation sites is 1. The van der Waals surface area contributed by atoms with Crippen molar-refractivity contribution in [3.63, 3.8) is 0 Å². The minimum atomic E-state index is -0.111. The second-order valence-corrected chi connectivity index (χ2v) is 6.37. The van der Waals surface area contributed by atoms with Gasteiger partial charge in [0.1, 0.15) is 11.3 Å². The molecule has 0 radical (unpaired) electrons. The van der Waals surface area contributed by atoms with Crippen molar-refractivity contribution in [2.45, 2.75) is 39.1 Å². The predicted molar refractivity (Wildman–Crippen MR) is 88.8 cm³/mol. The number of nitrogens with zero attached hydrogens (tertiary/aromatic N) is 3. The Morgan fingerprint density at radius 3 is 2.67 bits per heavy atom. The van der Waals surface area contributed by atoms with Gasteiger partial charge in [0, 0.05) is 11.9 Å². The molecule has 0 aliphatic rings. The van der Waals surface area contributed by atoms with E-state index in [1.807, 2.05) is 31.3 Å². The van der Waals surface area contributed by atoms with Crippen LogP contribution in [0, 0.1) is 5.92 Å². The Balaban J connectivity index is 2.33. The lowest BCUT2D eigenvalue weighted by Gasteiger charge is -2.15. The quantitative estimate of drug-likeness (QED) is 0.640. The molecule has 3 aromatic rings. The van der Waals surface area contributed by atoms with Gasteiger partial charge in [-0.2, -0.15) is 0 Å². The van der Waals surface area contributed by atoms with Crippen LogP contribution in [-0.4, -0.2) is 14.5 Å². The van der Waals surface area contributed by atoms with Gasteiger partial charge in [0.15, 0.2) is 0 Å². The molecule has 1 aromatic carbocycles. The highest BCUT2D eigenvalue weighted by Gasteiger charge is 2.18. The molecule has 0 N–H and O–H groups in total. The van der Waals surface area contributed by atoms with E-state index in [0.29, 0.717) is 5.92 Å². The topological polar surface area (TPSA) is 30.7 Å². The van der Waals surface area contributed by atoms with Crippen molar-refractivity contribution in [2.24, 2.45) is 5.92 Å². The molecule has 2 heterocycles. The maximum atomic E-state index is 6.35. The number of fused-ring (bicyclic) bond motifs is 3. The van der Waals surface area contributed by atoms with Gasteiger partial charge >= 0.3 is 0 Å². The molecule has 21 heavy (non-hydrogen) atoms. The molecule has 0 saturated heterocycles. The highest BCUT2D eigenvalue weighted by molar-refractivity contribution is 6.20. The molecule has 3 rings (SSSR count). The lowest BCUT2D eigenvalue weighted by Crippen LogP contribution is -2.10. The monoisotopic (exact) mass is 301 g/mol. The second kappa shape index (κ2) is 5.64. The van der Waals surface area contributed by atoms with Crippen molar-refractivity contribution in [1.82, 2.24) is 14.5 Å². The van der Waals surface area contributed by atoms with Crippen LogP contribution < -0.4 is 0 Å². The smallest absolute Gasteiger partial charge is 0.127 e. The zero-order valence-electron chi connectivity index (χ0n) is 12.7. The van der Waals surface area contributed by atoms with Gasteiger partial charge < -0.3 is 4.57 Å². The first-order valence-electron chi connectivity index (χ1n) is 7.49. The lowest BCUT2D eigenvalue weighted by atomic mass is 10.1. The number of rotatable bonds is 4. The fraction of sp³-hybridized carbons (Fsp3) is 0.412. The van der Waals surface area contributed by atoms with Crippen LogP contribution in [0.1, 0.15) is 38.4 Å². The summed E-state index contributed by atoms with van der Waals surface area (Å²) in [6.45, 7) is 7.39. The minimum absolute atomic E-state index is 0.111. The number of aromatic nitrogens is 3. The second-order valence-electron chi connectivity index (χ2n) is 5.72. The number of benzene rings is 1. The van der Waals surface area contributed by atoms with E-state index in [-0.39, 0.29) is 5.38 Å². The Hall–Kier alpha value is -1.61. The van der Waals surface area contributed by atoms with Gasteiger partial charge in [-0.25, -0.2) is 4.98 Å². The molecular weight excluding hydrogens is 282 g/mol. The van der Waals surface area contributed by atoms with Crippen LogP contribution in [0.15, 0.2) is 30.5 Å². The first kappa shape index (κ1) is 14.3. The molecule has 0 spiro atoms. The molecule has 2 unspecified atom stereocenters. The summed E-state index contributed by atoms with van der Waals surface area (Å²) in [4.78, 5) is 9.22. The summed E-state index contributed by atoms with van der Waals surface area (Å²) < 4.78 is 2.28. The van der Waals surface area contributed by atoms with E-state index in [4.69, 9.17) is 16.6 Å². The third-order valence-electron chi connectivity index (χ3n) is 4.06. The molecule has 0 amide bonds. The fourth-order valence-corrected chi connectivity index (χ4v) is 2.88. The van der Waals surface area contributed by atoms with Gasteiger partial charge in [0.05, 0.1) is 22.6 Å². The molecule has 0 saturated carbocycles. The molecule has 0 aliphatic heterocycles. The number of halogens is 1. The first-order valence-corrected chi connectivity index (χ1v) is 7.93. The Morgan fingerprint density at radius 1 is 1.19 bits per heavy atom. The summed E-state index contributed by atoms with van der Waals surface area (Å²) in [5.41, 5.74) is 3.09. The van der Waals surface area contributed by atoms with E-state index < -0.39 is 0 Å². The molecule has 0 bridgehead atoms. The summed E-state index contributed by atoms with van der Waals surface area (Å²) in [7, 11) is 0. The lowest BCUT2D eigenvalue weighted by molar-refractivity contribution is 0.466. The van der Waals surface area contributed by atoms with E-state index in [9.17, 15) is 0 Å². The maximum Gasteiger partial charge on any atom is 0.127 e. The van der Waals surface area contributed by atoms with E-state index >= 15 is 0 Å². The largest absolute Gasteiger partial charge is 0.326 e. The van der Waals surface area contributed by atoms with E-state index in [0.717, 1.165) is 40.7 Å². The molecule has 4 heteroatoms. The number of imidazole rings is 1. The first-order chi connectivity index (χ1) is 10.1. The van der Waals surface area contributed by atoms with Crippen molar-refractivity contribution < 1.29 is 0 Å². The van der Waals surface area contributed by atoms with Crippen molar-refractivity contribution >= 4 is 33.5 Å². The summed E-state index contributed by atoms with van der Waals surface area (Å²) in [5.74, 6) is 1.52.